The first-order chi connectivity index (χ1) is 8.93. The molecule has 2 aromatic rings. The fourth-order valence-corrected chi connectivity index (χ4v) is 3.67. The minimum absolute atomic E-state index is 0.0800. The molecule has 0 aliphatic heterocycles. The first-order valence-corrected chi connectivity index (χ1v) is 7.69. The van der Waals surface area contributed by atoms with Crippen molar-refractivity contribution in [3.63, 3.8) is 0 Å². The van der Waals surface area contributed by atoms with E-state index >= 15 is 0 Å². The molecule has 0 saturated heterocycles. The maximum atomic E-state index is 12.6. The highest BCUT2D eigenvalue weighted by atomic mass is 35.5. The van der Waals surface area contributed by atoms with Gasteiger partial charge in [-0.2, -0.15) is 0 Å². The van der Waals surface area contributed by atoms with E-state index in [4.69, 9.17) is 17.3 Å². The van der Waals surface area contributed by atoms with Gasteiger partial charge >= 0.3 is 0 Å². The summed E-state index contributed by atoms with van der Waals surface area (Å²) >= 11 is 5.85. The zero-order valence-corrected chi connectivity index (χ0v) is 11.9. The van der Waals surface area contributed by atoms with Crippen LogP contribution in [0.2, 0.25) is 5.02 Å². The van der Waals surface area contributed by atoms with Crippen molar-refractivity contribution in [2.24, 2.45) is 0 Å². The van der Waals surface area contributed by atoms with Crippen LogP contribution in [0.1, 0.15) is 17.7 Å². The largest absolute Gasteiger partial charge is 0.398 e. The third-order valence-electron chi connectivity index (χ3n) is 3.02. The van der Waals surface area contributed by atoms with Crippen LogP contribution in [0.25, 0.3) is 0 Å². The van der Waals surface area contributed by atoms with Gasteiger partial charge in [-0.05, 0) is 30.7 Å². The smallest absolute Gasteiger partial charge is 0.187 e. The Hall–Kier alpha value is -1.52. The van der Waals surface area contributed by atoms with Gasteiger partial charge in [-0.3, -0.25) is 0 Å². The second-order valence-corrected chi connectivity index (χ2v) is 6.95. The van der Waals surface area contributed by atoms with Gasteiger partial charge in [0.1, 0.15) is 0 Å². The standard InChI is InChI=1S/C14H14ClNO2S/c1-10(11-5-3-2-4-6-11)19(17,18)14-9-12(15)7-8-13(14)16/h2-10H,16H2,1H3. The van der Waals surface area contributed by atoms with Crippen molar-refractivity contribution < 1.29 is 8.42 Å². The summed E-state index contributed by atoms with van der Waals surface area (Å²) in [6.45, 7) is 1.64. The van der Waals surface area contributed by atoms with E-state index in [1.54, 1.807) is 25.1 Å². The van der Waals surface area contributed by atoms with Crippen LogP contribution in [0.15, 0.2) is 53.4 Å². The molecule has 19 heavy (non-hydrogen) atoms. The SMILES string of the molecule is CC(c1ccccc1)S(=O)(=O)c1cc(Cl)ccc1N. The van der Waals surface area contributed by atoms with Crippen molar-refractivity contribution >= 4 is 27.1 Å². The van der Waals surface area contributed by atoms with Crippen molar-refractivity contribution in [2.45, 2.75) is 17.1 Å². The van der Waals surface area contributed by atoms with Crippen molar-refractivity contribution in [2.75, 3.05) is 5.73 Å². The van der Waals surface area contributed by atoms with E-state index in [2.05, 4.69) is 0 Å². The van der Waals surface area contributed by atoms with Crippen LogP contribution in [0.3, 0.4) is 0 Å². The predicted molar refractivity (Wildman–Crippen MR) is 77.9 cm³/mol. The molecule has 0 aliphatic rings. The van der Waals surface area contributed by atoms with Crippen LogP contribution < -0.4 is 5.73 Å². The molecule has 0 aromatic heterocycles. The highest BCUT2D eigenvalue weighted by Crippen LogP contribution is 2.32. The second-order valence-electron chi connectivity index (χ2n) is 4.28. The van der Waals surface area contributed by atoms with Crippen LogP contribution in [-0.4, -0.2) is 8.42 Å². The van der Waals surface area contributed by atoms with E-state index < -0.39 is 15.1 Å². The first kappa shape index (κ1) is 13.9. The molecule has 100 valence electrons. The van der Waals surface area contributed by atoms with E-state index in [0.717, 1.165) is 5.56 Å². The van der Waals surface area contributed by atoms with Gasteiger partial charge < -0.3 is 5.73 Å². The Labute approximate surface area is 117 Å². The van der Waals surface area contributed by atoms with Crippen LogP contribution in [0.4, 0.5) is 5.69 Å². The van der Waals surface area contributed by atoms with Gasteiger partial charge in [-0.15, -0.1) is 0 Å². The van der Waals surface area contributed by atoms with Crippen molar-refractivity contribution in [3.05, 3.63) is 59.1 Å². The van der Waals surface area contributed by atoms with Crippen molar-refractivity contribution in [3.8, 4) is 0 Å². The molecule has 0 bridgehead atoms. The zero-order chi connectivity index (χ0) is 14.0. The van der Waals surface area contributed by atoms with Gasteiger partial charge in [0.2, 0.25) is 0 Å². The van der Waals surface area contributed by atoms with Crippen LogP contribution in [0.5, 0.6) is 0 Å². The van der Waals surface area contributed by atoms with Gasteiger partial charge in [-0.25, -0.2) is 8.42 Å². The molecule has 0 fully saturated rings. The van der Waals surface area contributed by atoms with E-state index in [1.807, 2.05) is 18.2 Å². The molecule has 2 N–H and O–H groups in total. The number of nitrogen functional groups attached to an aromatic ring is 1. The monoisotopic (exact) mass is 295 g/mol. The maximum Gasteiger partial charge on any atom is 0.187 e. The molecule has 5 heteroatoms. The summed E-state index contributed by atoms with van der Waals surface area (Å²) in [5.41, 5.74) is 6.69. The number of benzene rings is 2. The highest BCUT2D eigenvalue weighted by molar-refractivity contribution is 7.91. The Bertz CT molecular complexity index is 684. The topological polar surface area (TPSA) is 60.2 Å². The van der Waals surface area contributed by atoms with E-state index in [0.29, 0.717) is 5.02 Å². The van der Waals surface area contributed by atoms with Gasteiger partial charge in [0, 0.05) is 5.02 Å². The van der Waals surface area contributed by atoms with Crippen LogP contribution in [-0.2, 0) is 9.84 Å². The highest BCUT2D eigenvalue weighted by Gasteiger charge is 2.26. The van der Waals surface area contributed by atoms with E-state index in [-0.39, 0.29) is 10.6 Å². The minimum atomic E-state index is -3.55. The molecule has 0 saturated carbocycles. The summed E-state index contributed by atoms with van der Waals surface area (Å²) in [5, 5.41) is -0.317. The fraction of sp³-hybridized carbons (Fsp3) is 0.143. The van der Waals surface area contributed by atoms with Gasteiger partial charge in [0.25, 0.3) is 0 Å². The summed E-state index contributed by atoms with van der Waals surface area (Å²) in [7, 11) is -3.55. The third kappa shape index (κ3) is 2.74. The van der Waals surface area contributed by atoms with Gasteiger partial charge in [0.15, 0.2) is 9.84 Å². The zero-order valence-electron chi connectivity index (χ0n) is 10.4. The molecule has 0 radical (unpaired) electrons. The maximum absolute atomic E-state index is 12.6. The lowest BCUT2D eigenvalue weighted by Crippen LogP contribution is -2.12. The molecule has 0 spiro atoms. The average molecular weight is 296 g/mol. The Morgan fingerprint density at radius 3 is 2.37 bits per heavy atom. The van der Waals surface area contributed by atoms with E-state index in [1.165, 1.54) is 12.1 Å². The number of sulfone groups is 1. The molecular formula is C14H14ClNO2S. The summed E-state index contributed by atoms with van der Waals surface area (Å²) in [6.07, 6.45) is 0. The number of hydrogen-bond acceptors (Lipinski definition) is 3. The fourth-order valence-electron chi connectivity index (χ4n) is 1.85. The molecule has 1 unspecified atom stereocenters. The lowest BCUT2D eigenvalue weighted by atomic mass is 10.2. The van der Waals surface area contributed by atoms with Crippen molar-refractivity contribution in [1.82, 2.24) is 0 Å². The molecule has 3 nitrogen and oxygen atoms in total. The molecule has 1 atom stereocenters. The van der Waals surface area contributed by atoms with Crippen LogP contribution in [0, 0.1) is 0 Å². The van der Waals surface area contributed by atoms with Crippen LogP contribution >= 0.6 is 11.6 Å². The number of rotatable bonds is 3. The minimum Gasteiger partial charge on any atom is -0.398 e. The quantitative estimate of drug-likeness (QED) is 0.882. The Morgan fingerprint density at radius 1 is 1.11 bits per heavy atom. The average Bonchev–Trinajstić information content (AvgIpc) is 2.41. The lowest BCUT2D eigenvalue weighted by Gasteiger charge is -2.15. The third-order valence-corrected chi connectivity index (χ3v) is 5.42. The van der Waals surface area contributed by atoms with E-state index in [9.17, 15) is 8.42 Å². The summed E-state index contributed by atoms with van der Waals surface area (Å²) in [4.78, 5) is 0.0800. The van der Waals surface area contributed by atoms with Crippen molar-refractivity contribution in [1.29, 1.82) is 0 Å². The number of hydrogen-bond donors (Lipinski definition) is 1. The Morgan fingerprint density at radius 2 is 1.74 bits per heavy atom. The number of anilines is 1. The van der Waals surface area contributed by atoms with Gasteiger partial charge in [0.05, 0.1) is 15.8 Å². The summed E-state index contributed by atoms with van der Waals surface area (Å²) in [5.74, 6) is 0. The predicted octanol–water partition coefficient (Wildman–Crippen LogP) is 3.46. The lowest BCUT2D eigenvalue weighted by molar-refractivity contribution is 0.586. The first-order valence-electron chi connectivity index (χ1n) is 5.77. The normalized spacial score (nSPS) is 13.2. The molecule has 0 heterocycles. The van der Waals surface area contributed by atoms with Gasteiger partial charge in [-0.1, -0.05) is 41.9 Å². The Kier molecular flexibility index (Phi) is 3.83. The number of nitrogens with two attached hydrogens (primary N) is 1. The second kappa shape index (κ2) is 5.23. The Balaban J connectivity index is 2.51. The molecule has 2 rings (SSSR count). The number of halogens is 1. The molecule has 0 amide bonds. The summed E-state index contributed by atoms with van der Waals surface area (Å²) in [6, 6.07) is 13.5. The molecule has 2 aromatic carbocycles. The summed E-state index contributed by atoms with van der Waals surface area (Å²) < 4.78 is 25.1. The molecular weight excluding hydrogens is 282 g/mol. The molecule has 0 aliphatic carbocycles.